The van der Waals surface area contributed by atoms with Gasteiger partial charge in [0.2, 0.25) is 5.91 Å². The van der Waals surface area contributed by atoms with Crippen molar-refractivity contribution in [2.24, 2.45) is 5.92 Å². The summed E-state index contributed by atoms with van der Waals surface area (Å²) in [7, 11) is 0. The molecule has 0 aliphatic heterocycles. The second kappa shape index (κ2) is 13.2. The van der Waals surface area contributed by atoms with Gasteiger partial charge in [-0.2, -0.15) is 0 Å². The Labute approximate surface area is 217 Å². The quantitative estimate of drug-likeness (QED) is 0.354. The normalized spacial score (nSPS) is 11.7. The third-order valence-electron chi connectivity index (χ3n) is 5.39. The van der Waals surface area contributed by atoms with Gasteiger partial charge in [-0.05, 0) is 41.3 Å². The minimum Gasteiger partial charge on any atom is -0.482 e. The van der Waals surface area contributed by atoms with E-state index in [0.717, 1.165) is 11.1 Å². The lowest BCUT2D eigenvalue weighted by Crippen LogP contribution is -2.52. The number of carbonyl (C=O) groups is 2. The van der Waals surface area contributed by atoms with E-state index in [0.29, 0.717) is 28.8 Å². The van der Waals surface area contributed by atoms with Crippen LogP contribution in [0.4, 0.5) is 0 Å². The fraction of sp³-hybridized carbons (Fsp3) is 0.286. The summed E-state index contributed by atoms with van der Waals surface area (Å²) in [6.07, 6.45) is 0.364. The molecular formula is C28H30Cl2N2O3. The van der Waals surface area contributed by atoms with Crippen molar-refractivity contribution >= 4 is 35.0 Å². The van der Waals surface area contributed by atoms with Gasteiger partial charge in [0.05, 0.1) is 5.02 Å². The Morgan fingerprint density at radius 2 is 1.60 bits per heavy atom. The van der Waals surface area contributed by atoms with Crippen LogP contribution < -0.4 is 10.1 Å². The molecule has 0 spiro atoms. The predicted octanol–water partition coefficient (Wildman–Crippen LogP) is 5.78. The number of nitrogens with zero attached hydrogens (tertiary/aromatic N) is 1. The van der Waals surface area contributed by atoms with Gasteiger partial charge in [0.1, 0.15) is 11.8 Å². The van der Waals surface area contributed by atoms with E-state index >= 15 is 0 Å². The van der Waals surface area contributed by atoms with E-state index in [2.05, 4.69) is 5.32 Å². The first-order valence-corrected chi connectivity index (χ1v) is 12.3. The maximum atomic E-state index is 13.5. The zero-order valence-corrected chi connectivity index (χ0v) is 21.4. The van der Waals surface area contributed by atoms with Crippen molar-refractivity contribution in [1.82, 2.24) is 10.2 Å². The molecular weight excluding hydrogens is 483 g/mol. The molecule has 1 unspecified atom stereocenters. The van der Waals surface area contributed by atoms with Gasteiger partial charge in [-0.25, -0.2) is 0 Å². The van der Waals surface area contributed by atoms with Crippen LogP contribution in [0.5, 0.6) is 5.75 Å². The lowest BCUT2D eigenvalue weighted by atomic mass is 10.0. The van der Waals surface area contributed by atoms with Crippen LogP contribution in [0, 0.1) is 5.92 Å². The topological polar surface area (TPSA) is 58.6 Å². The molecule has 3 aromatic rings. The van der Waals surface area contributed by atoms with Gasteiger partial charge in [0.15, 0.2) is 6.61 Å². The van der Waals surface area contributed by atoms with Gasteiger partial charge in [-0.15, -0.1) is 0 Å². The highest BCUT2D eigenvalue weighted by atomic mass is 35.5. The van der Waals surface area contributed by atoms with Crippen molar-refractivity contribution in [2.45, 2.75) is 32.9 Å². The van der Waals surface area contributed by atoms with E-state index in [4.69, 9.17) is 27.9 Å². The standard InChI is InChI=1S/C28H30Cl2N2O3/c1-20(2)17-31-28(34)25(16-21-9-4-3-5-10-21)32(18-22-11-8-12-23(29)15-22)27(33)19-35-26-14-7-6-13-24(26)30/h3-15,20,25H,16-19H2,1-2H3,(H,31,34). The summed E-state index contributed by atoms with van der Waals surface area (Å²) in [6.45, 7) is 4.52. The number of ether oxygens (including phenoxy) is 1. The lowest BCUT2D eigenvalue weighted by Gasteiger charge is -2.31. The average Bonchev–Trinajstić information content (AvgIpc) is 2.84. The van der Waals surface area contributed by atoms with Crippen LogP contribution in [0.2, 0.25) is 10.0 Å². The van der Waals surface area contributed by atoms with Crippen LogP contribution in [-0.4, -0.2) is 35.9 Å². The van der Waals surface area contributed by atoms with Crippen LogP contribution in [0.3, 0.4) is 0 Å². The van der Waals surface area contributed by atoms with Crippen molar-refractivity contribution in [3.8, 4) is 5.75 Å². The number of amides is 2. The van der Waals surface area contributed by atoms with E-state index in [9.17, 15) is 9.59 Å². The molecule has 5 nitrogen and oxygen atoms in total. The Morgan fingerprint density at radius 1 is 0.914 bits per heavy atom. The molecule has 0 aromatic heterocycles. The number of carbonyl (C=O) groups excluding carboxylic acids is 2. The molecule has 3 rings (SSSR count). The van der Waals surface area contributed by atoms with Crippen LogP contribution in [0.15, 0.2) is 78.9 Å². The highest BCUT2D eigenvalue weighted by molar-refractivity contribution is 6.32. The molecule has 35 heavy (non-hydrogen) atoms. The number of hydrogen-bond acceptors (Lipinski definition) is 3. The van der Waals surface area contributed by atoms with Crippen molar-refractivity contribution in [3.05, 3.63) is 100 Å². The molecule has 1 atom stereocenters. The Balaban J connectivity index is 1.91. The molecule has 0 heterocycles. The van der Waals surface area contributed by atoms with E-state index in [1.807, 2.05) is 56.3 Å². The van der Waals surface area contributed by atoms with Crippen molar-refractivity contribution < 1.29 is 14.3 Å². The fourth-order valence-corrected chi connectivity index (χ4v) is 4.00. The summed E-state index contributed by atoms with van der Waals surface area (Å²) in [5, 5.41) is 3.97. The Hall–Kier alpha value is -3.02. The maximum Gasteiger partial charge on any atom is 0.261 e. The van der Waals surface area contributed by atoms with E-state index in [-0.39, 0.29) is 30.9 Å². The van der Waals surface area contributed by atoms with Gasteiger partial charge < -0.3 is 15.0 Å². The molecule has 0 saturated heterocycles. The highest BCUT2D eigenvalue weighted by Gasteiger charge is 2.31. The molecule has 0 saturated carbocycles. The van der Waals surface area contributed by atoms with Crippen LogP contribution in [-0.2, 0) is 22.6 Å². The largest absolute Gasteiger partial charge is 0.482 e. The van der Waals surface area contributed by atoms with Gasteiger partial charge in [0.25, 0.3) is 5.91 Å². The maximum absolute atomic E-state index is 13.5. The van der Waals surface area contributed by atoms with E-state index < -0.39 is 6.04 Å². The summed E-state index contributed by atoms with van der Waals surface area (Å²) < 4.78 is 5.74. The van der Waals surface area contributed by atoms with Crippen LogP contribution in [0.1, 0.15) is 25.0 Å². The minimum absolute atomic E-state index is 0.206. The lowest BCUT2D eigenvalue weighted by molar-refractivity contribution is -0.142. The molecule has 0 aliphatic carbocycles. The third kappa shape index (κ3) is 8.30. The first-order valence-electron chi connectivity index (χ1n) is 11.6. The van der Waals surface area contributed by atoms with Crippen molar-refractivity contribution in [1.29, 1.82) is 0 Å². The first-order chi connectivity index (χ1) is 16.8. The Morgan fingerprint density at radius 3 is 2.29 bits per heavy atom. The van der Waals surface area contributed by atoms with Crippen LogP contribution >= 0.6 is 23.2 Å². The summed E-state index contributed by atoms with van der Waals surface area (Å²) in [5.41, 5.74) is 1.77. The zero-order chi connectivity index (χ0) is 25.2. The number of rotatable bonds is 11. The molecule has 3 aromatic carbocycles. The van der Waals surface area contributed by atoms with E-state index in [1.165, 1.54) is 0 Å². The smallest absolute Gasteiger partial charge is 0.261 e. The average molecular weight is 513 g/mol. The van der Waals surface area contributed by atoms with E-state index in [1.54, 1.807) is 41.3 Å². The molecule has 0 aliphatic rings. The predicted molar refractivity (Wildman–Crippen MR) is 141 cm³/mol. The zero-order valence-electron chi connectivity index (χ0n) is 19.9. The van der Waals surface area contributed by atoms with Gasteiger partial charge in [-0.1, -0.05) is 91.6 Å². The number of para-hydroxylation sites is 1. The summed E-state index contributed by atoms with van der Waals surface area (Å²) >= 11 is 12.4. The van der Waals surface area contributed by atoms with Gasteiger partial charge in [-0.3, -0.25) is 9.59 Å². The number of hydrogen-bond donors (Lipinski definition) is 1. The number of benzene rings is 3. The summed E-state index contributed by atoms with van der Waals surface area (Å²) in [5.74, 6) is 0.146. The second-order valence-corrected chi connectivity index (χ2v) is 9.56. The summed E-state index contributed by atoms with van der Waals surface area (Å²) in [4.78, 5) is 28.5. The van der Waals surface area contributed by atoms with Crippen LogP contribution in [0.25, 0.3) is 0 Å². The fourth-order valence-electron chi connectivity index (χ4n) is 3.59. The minimum atomic E-state index is -0.738. The number of nitrogens with one attached hydrogen (secondary N) is 1. The first kappa shape index (κ1) is 26.6. The SMILES string of the molecule is CC(C)CNC(=O)C(Cc1ccccc1)N(Cc1cccc(Cl)c1)C(=O)COc1ccccc1Cl. The molecule has 2 amide bonds. The summed E-state index contributed by atoms with van der Waals surface area (Å²) in [6, 6.07) is 23.2. The highest BCUT2D eigenvalue weighted by Crippen LogP contribution is 2.24. The Bertz CT molecular complexity index is 1120. The monoisotopic (exact) mass is 512 g/mol. The molecule has 0 radical (unpaired) electrons. The molecule has 184 valence electrons. The van der Waals surface area contributed by atoms with Gasteiger partial charge in [0, 0.05) is 24.5 Å². The molecule has 0 bridgehead atoms. The number of halogens is 2. The molecule has 7 heteroatoms. The molecule has 0 fully saturated rings. The van der Waals surface area contributed by atoms with Crippen molar-refractivity contribution in [2.75, 3.05) is 13.2 Å². The third-order valence-corrected chi connectivity index (χ3v) is 5.93. The second-order valence-electron chi connectivity index (χ2n) is 8.72. The molecule has 1 N–H and O–H groups in total. The van der Waals surface area contributed by atoms with Gasteiger partial charge >= 0.3 is 0 Å². The Kier molecular flexibility index (Phi) is 10.0. The van der Waals surface area contributed by atoms with Crippen molar-refractivity contribution in [3.63, 3.8) is 0 Å².